The first-order valence-corrected chi connectivity index (χ1v) is 3.77. The zero-order chi connectivity index (χ0) is 6.62. The maximum absolute atomic E-state index is 8.50. The first-order chi connectivity index (χ1) is 3.68. The lowest BCUT2D eigenvalue weighted by atomic mass is 10.1. The molecule has 0 atom stereocenters. The number of hydrogen-bond donors (Lipinski definition) is 3. The van der Waals surface area contributed by atoms with Crippen LogP contribution in [-0.2, 0) is 0 Å². The van der Waals surface area contributed by atoms with Crippen molar-refractivity contribution in [1.82, 2.24) is 0 Å². The third-order valence-electron chi connectivity index (χ3n) is 0.896. The summed E-state index contributed by atoms with van der Waals surface area (Å²) in [7, 11) is 0. The van der Waals surface area contributed by atoms with E-state index in [1.165, 1.54) is 0 Å². The Morgan fingerprint density at radius 3 is 1.75 bits per heavy atom. The molecular formula is C4H10INO2. The fraction of sp³-hybridized carbons (Fsp3) is 1.00. The third kappa shape index (κ3) is 2.25. The van der Waals surface area contributed by atoms with Crippen LogP contribution in [-0.4, -0.2) is 33.4 Å². The lowest BCUT2D eigenvalue weighted by molar-refractivity contribution is 0.139. The summed E-state index contributed by atoms with van der Waals surface area (Å²) in [6.45, 7) is -0.321. The van der Waals surface area contributed by atoms with Crippen molar-refractivity contribution in [2.45, 2.75) is 5.54 Å². The zero-order valence-corrected chi connectivity index (χ0v) is 6.63. The van der Waals surface area contributed by atoms with Gasteiger partial charge in [0.2, 0.25) is 0 Å². The second-order valence-corrected chi connectivity index (χ2v) is 2.58. The van der Waals surface area contributed by atoms with Crippen molar-refractivity contribution >= 4 is 22.6 Å². The molecule has 0 bridgehead atoms. The van der Waals surface area contributed by atoms with Crippen LogP contribution in [0.15, 0.2) is 0 Å². The Hall–Kier alpha value is 0.610. The minimum absolute atomic E-state index is 0.160. The fourth-order valence-corrected chi connectivity index (χ4v) is 0.617. The van der Waals surface area contributed by atoms with E-state index in [0.717, 1.165) is 0 Å². The molecule has 0 heterocycles. The van der Waals surface area contributed by atoms with Gasteiger partial charge in [0.05, 0.1) is 18.8 Å². The minimum atomic E-state index is -0.777. The molecule has 0 saturated carbocycles. The van der Waals surface area contributed by atoms with Crippen LogP contribution in [0, 0.1) is 0 Å². The summed E-state index contributed by atoms with van der Waals surface area (Å²) < 4.78 is 0.567. The molecule has 0 aromatic carbocycles. The SMILES string of the molecule is NC(CO)(CO)CI. The van der Waals surface area contributed by atoms with Gasteiger partial charge in [-0.1, -0.05) is 22.6 Å². The Morgan fingerprint density at radius 1 is 1.38 bits per heavy atom. The normalized spacial score (nSPS) is 12.0. The highest BCUT2D eigenvalue weighted by atomic mass is 127. The van der Waals surface area contributed by atoms with E-state index in [-0.39, 0.29) is 13.2 Å². The monoisotopic (exact) mass is 231 g/mol. The molecule has 0 unspecified atom stereocenters. The predicted molar refractivity (Wildman–Crippen MR) is 40.0 cm³/mol. The fourth-order valence-electron chi connectivity index (χ4n) is 0.135. The number of rotatable bonds is 3. The largest absolute Gasteiger partial charge is 0.394 e. The summed E-state index contributed by atoms with van der Waals surface area (Å²) in [6, 6.07) is 0. The second kappa shape index (κ2) is 3.60. The lowest BCUT2D eigenvalue weighted by Gasteiger charge is -2.20. The average molecular weight is 231 g/mol. The maximum atomic E-state index is 8.50. The second-order valence-electron chi connectivity index (χ2n) is 1.81. The third-order valence-corrected chi connectivity index (χ3v) is 2.42. The Morgan fingerprint density at radius 2 is 1.75 bits per heavy atom. The summed E-state index contributed by atoms with van der Waals surface area (Å²) in [6.07, 6.45) is 0. The molecule has 0 aliphatic carbocycles. The van der Waals surface area contributed by atoms with Crippen molar-refractivity contribution < 1.29 is 10.2 Å². The van der Waals surface area contributed by atoms with Crippen LogP contribution in [0.4, 0.5) is 0 Å². The maximum Gasteiger partial charge on any atom is 0.0713 e. The molecule has 0 aromatic heterocycles. The molecular weight excluding hydrogens is 221 g/mol. The molecule has 0 aromatic rings. The van der Waals surface area contributed by atoms with E-state index in [4.69, 9.17) is 15.9 Å². The van der Waals surface area contributed by atoms with Crippen molar-refractivity contribution in [2.24, 2.45) is 5.73 Å². The van der Waals surface area contributed by atoms with Crippen LogP contribution >= 0.6 is 22.6 Å². The number of nitrogens with two attached hydrogens (primary N) is 1. The average Bonchev–Trinajstić information content (AvgIpc) is 1.87. The van der Waals surface area contributed by atoms with Crippen LogP contribution < -0.4 is 5.73 Å². The molecule has 50 valence electrons. The van der Waals surface area contributed by atoms with Crippen molar-refractivity contribution in [3.63, 3.8) is 0 Å². The molecule has 4 heteroatoms. The topological polar surface area (TPSA) is 66.5 Å². The van der Waals surface area contributed by atoms with Gasteiger partial charge in [-0.15, -0.1) is 0 Å². The van der Waals surface area contributed by atoms with Crippen LogP contribution in [0.2, 0.25) is 0 Å². The summed E-state index contributed by atoms with van der Waals surface area (Å²) in [5, 5.41) is 17.0. The summed E-state index contributed by atoms with van der Waals surface area (Å²) in [4.78, 5) is 0. The van der Waals surface area contributed by atoms with E-state index >= 15 is 0 Å². The van der Waals surface area contributed by atoms with Crippen LogP contribution in [0.3, 0.4) is 0 Å². The number of alkyl halides is 1. The predicted octanol–water partition coefficient (Wildman–Crippen LogP) is -0.897. The van der Waals surface area contributed by atoms with Crippen molar-refractivity contribution in [3.8, 4) is 0 Å². The molecule has 0 rings (SSSR count). The Balaban J connectivity index is 3.58. The standard InChI is InChI=1S/C4H10INO2/c5-1-4(6,2-7)3-8/h7-8H,1-3,6H2. The number of halogens is 1. The molecule has 0 amide bonds. The summed E-state index contributed by atoms with van der Waals surface area (Å²) >= 11 is 2.02. The van der Waals surface area contributed by atoms with Gasteiger partial charge in [-0.05, 0) is 0 Å². The lowest BCUT2D eigenvalue weighted by Crippen LogP contribution is -2.48. The molecule has 0 aliphatic rings. The number of aliphatic hydroxyl groups excluding tert-OH is 2. The Bertz CT molecular complexity index is 56.8. The van der Waals surface area contributed by atoms with Crippen molar-refractivity contribution in [1.29, 1.82) is 0 Å². The first-order valence-electron chi connectivity index (χ1n) is 2.25. The van der Waals surface area contributed by atoms with Crippen LogP contribution in [0.5, 0.6) is 0 Å². The van der Waals surface area contributed by atoms with Gasteiger partial charge in [0, 0.05) is 4.43 Å². The van der Waals surface area contributed by atoms with Crippen LogP contribution in [0.25, 0.3) is 0 Å². The quantitative estimate of drug-likeness (QED) is 0.435. The summed E-state index contributed by atoms with van der Waals surface area (Å²) in [5.41, 5.74) is 4.61. The van der Waals surface area contributed by atoms with E-state index < -0.39 is 5.54 Å². The molecule has 4 N–H and O–H groups in total. The van der Waals surface area contributed by atoms with Gasteiger partial charge in [0.15, 0.2) is 0 Å². The van der Waals surface area contributed by atoms with Gasteiger partial charge in [-0.2, -0.15) is 0 Å². The highest BCUT2D eigenvalue weighted by Gasteiger charge is 2.20. The smallest absolute Gasteiger partial charge is 0.0713 e. The van der Waals surface area contributed by atoms with Gasteiger partial charge >= 0.3 is 0 Å². The number of aliphatic hydroxyl groups is 2. The van der Waals surface area contributed by atoms with Crippen molar-refractivity contribution in [2.75, 3.05) is 17.6 Å². The molecule has 0 aliphatic heterocycles. The van der Waals surface area contributed by atoms with Gasteiger partial charge < -0.3 is 15.9 Å². The van der Waals surface area contributed by atoms with E-state index in [2.05, 4.69) is 0 Å². The Kier molecular flexibility index (Phi) is 3.87. The van der Waals surface area contributed by atoms with E-state index in [9.17, 15) is 0 Å². The van der Waals surface area contributed by atoms with Gasteiger partial charge in [0.25, 0.3) is 0 Å². The molecule has 0 fully saturated rings. The molecule has 0 spiro atoms. The van der Waals surface area contributed by atoms with Gasteiger partial charge in [-0.25, -0.2) is 0 Å². The first kappa shape index (κ1) is 8.61. The summed E-state index contributed by atoms with van der Waals surface area (Å²) in [5.74, 6) is 0. The van der Waals surface area contributed by atoms with Crippen LogP contribution in [0.1, 0.15) is 0 Å². The van der Waals surface area contributed by atoms with Gasteiger partial charge in [-0.3, -0.25) is 0 Å². The number of hydrogen-bond acceptors (Lipinski definition) is 3. The Labute approximate surface area is 62.0 Å². The highest BCUT2D eigenvalue weighted by molar-refractivity contribution is 14.1. The zero-order valence-electron chi connectivity index (χ0n) is 4.47. The molecule has 0 saturated heterocycles. The highest BCUT2D eigenvalue weighted by Crippen LogP contribution is 2.01. The van der Waals surface area contributed by atoms with E-state index in [1.54, 1.807) is 0 Å². The molecule has 0 radical (unpaired) electrons. The van der Waals surface area contributed by atoms with Gasteiger partial charge in [0.1, 0.15) is 0 Å². The van der Waals surface area contributed by atoms with Crippen molar-refractivity contribution in [3.05, 3.63) is 0 Å². The van der Waals surface area contributed by atoms with E-state index in [0.29, 0.717) is 4.43 Å². The molecule has 3 nitrogen and oxygen atoms in total. The molecule has 8 heavy (non-hydrogen) atoms. The minimum Gasteiger partial charge on any atom is -0.394 e. The van der Waals surface area contributed by atoms with E-state index in [1.807, 2.05) is 22.6 Å².